The van der Waals surface area contributed by atoms with Crippen LogP contribution in [-0.4, -0.2) is 14.4 Å². The molecule has 0 saturated carbocycles. The van der Waals surface area contributed by atoms with Gasteiger partial charge in [-0.1, -0.05) is 60.7 Å². The first-order valence-corrected chi connectivity index (χ1v) is 9.43. The zero-order chi connectivity index (χ0) is 17.3. The molecule has 0 fully saturated rings. The zero-order valence-corrected chi connectivity index (χ0v) is 14.2. The van der Waals surface area contributed by atoms with Crippen molar-refractivity contribution in [1.82, 2.24) is 4.31 Å². The summed E-state index contributed by atoms with van der Waals surface area (Å²) >= 11 is 0. The lowest BCUT2D eigenvalue weighted by atomic mass is 10.1. The summed E-state index contributed by atoms with van der Waals surface area (Å²) in [6.07, 6.45) is 0. The second-order valence-electron chi connectivity index (χ2n) is 5.75. The Morgan fingerprint density at radius 2 is 1.40 bits per heavy atom. The molecule has 1 amide bonds. The highest BCUT2D eigenvalue weighted by molar-refractivity contribution is 7.92. The number of rotatable bonds is 3. The Labute approximate surface area is 147 Å². The van der Waals surface area contributed by atoms with Crippen LogP contribution < -0.4 is 0 Å². The molecular weight excluding hydrogens is 332 g/mol. The Balaban J connectivity index is 1.92. The van der Waals surface area contributed by atoms with Crippen molar-refractivity contribution in [2.45, 2.75) is 11.4 Å². The molecule has 1 unspecified atom stereocenters. The largest absolute Gasteiger partial charge is 0.268 e. The number of benzene rings is 3. The number of nitrogens with zero attached hydrogens (tertiary/aromatic N) is 2. The summed E-state index contributed by atoms with van der Waals surface area (Å²) in [5.74, 6) is -0.261. The number of amides is 1. The molecule has 0 radical (unpaired) electrons. The van der Waals surface area contributed by atoms with Crippen LogP contribution in [0.5, 0.6) is 0 Å². The average Bonchev–Trinajstić information content (AvgIpc) is 2.67. The topological polar surface area (TPSA) is 49.7 Å². The second-order valence-corrected chi connectivity index (χ2v) is 7.83. The van der Waals surface area contributed by atoms with E-state index in [2.05, 4.69) is 4.36 Å². The average molecular weight is 348 g/mol. The van der Waals surface area contributed by atoms with Crippen molar-refractivity contribution in [3.8, 4) is 0 Å². The van der Waals surface area contributed by atoms with E-state index in [9.17, 15) is 9.00 Å². The van der Waals surface area contributed by atoms with E-state index in [-0.39, 0.29) is 12.5 Å². The van der Waals surface area contributed by atoms with Crippen LogP contribution in [0.25, 0.3) is 0 Å². The minimum absolute atomic E-state index is 0.241. The number of hydrogen-bond donors (Lipinski definition) is 0. The maximum absolute atomic E-state index is 13.9. The van der Waals surface area contributed by atoms with Gasteiger partial charge < -0.3 is 0 Å². The highest BCUT2D eigenvalue weighted by Crippen LogP contribution is 2.34. The maximum Gasteiger partial charge on any atom is 0.268 e. The van der Waals surface area contributed by atoms with Crippen LogP contribution in [-0.2, 0) is 16.5 Å². The van der Waals surface area contributed by atoms with E-state index in [1.807, 2.05) is 48.5 Å². The quantitative estimate of drug-likeness (QED) is 0.704. The van der Waals surface area contributed by atoms with Gasteiger partial charge >= 0.3 is 0 Å². The Kier molecular flexibility index (Phi) is 3.86. The van der Waals surface area contributed by atoms with Gasteiger partial charge in [-0.25, -0.2) is 8.51 Å². The summed E-state index contributed by atoms with van der Waals surface area (Å²) in [6.45, 7) is 0.241. The molecule has 3 aromatic carbocycles. The van der Waals surface area contributed by atoms with Crippen LogP contribution >= 0.6 is 0 Å². The summed E-state index contributed by atoms with van der Waals surface area (Å²) in [5.41, 5.74) is 1.87. The predicted octanol–water partition coefficient (Wildman–Crippen LogP) is 4.42. The first-order valence-electron chi connectivity index (χ1n) is 7.96. The van der Waals surface area contributed by atoms with E-state index >= 15 is 0 Å². The Morgan fingerprint density at radius 3 is 2.12 bits per heavy atom. The molecule has 0 spiro atoms. The number of fused-ring (bicyclic) bond motifs is 1. The summed E-state index contributed by atoms with van der Waals surface area (Å²) in [5, 5.41) is 0. The lowest BCUT2D eigenvalue weighted by Crippen LogP contribution is -2.38. The first kappa shape index (κ1) is 15.6. The summed E-state index contributed by atoms with van der Waals surface area (Å²) in [6, 6.07) is 25.6. The van der Waals surface area contributed by atoms with Crippen LogP contribution in [0.4, 0.5) is 5.69 Å². The highest BCUT2D eigenvalue weighted by atomic mass is 32.2. The fourth-order valence-corrected chi connectivity index (χ4v) is 4.89. The van der Waals surface area contributed by atoms with Crippen LogP contribution in [0.2, 0.25) is 0 Å². The first-order chi connectivity index (χ1) is 12.2. The van der Waals surface area contributed by atoms with Gasteiger partial charge in [0.05, 0.1) is 22.7 Å². The van der Waals surface area contributed by atoms with Crippen molar-refractivity contribution >= 4 is 21.5 Å². The zero-order valence-electron chi connectivity index (χ0n) is 13.4. The van der Waals surface area contributed by atoms with Crippen molar-refractivity contribution in [3.63, 3.8) is 0 Å². The van der Waals surface area contributed by atoms with Crippen LogP contribution in [0.15, 0.2) is 94.2 Å². The molecule has 0 saturated heterocycles. The van der Waals surface area contributed by atoms with Crippen molar-refractivity contribution in [2.75, 3.05) is 0 Å². The number of carbonyl (C=O) groups is 1. The van der Waals surface area contributed by atoms with Crippen LogP contribution in [0.3, 0.4) is 0 Å². The number of hydrogen-bond acceptors (Lipinski definition) is 3. The number of carbonyl (C=O) groups excluding carboxylic acids is 1. The Bertz CT molecular complexity index is 1040. The lowest BCUT2D eigenvalue weighted by molar-refractivity contribution is 0.0857. The van der Waals surface area contributed by atoms with E-state index in [1.165, 1.54) is 4.31 Å². The molecule has 5 heteroatoms. The standard InChI is InChI=1S/C20H16N2O2S/c23-20-18-13-7-8-14-19(18)21-25(24,17-11-5-2-6-12-17)22(20)15-16-9-3-1-4-10-16/h1-14H,15H2. The van der Waals surface area contributed by atoms with Gasteiger partial charge in [-0.3, -0.25) is 4.79 Å². The Hall–Kier alpha value is -2.92. The molecule has 0 N–H and O–H groups in total. The molecule has 25 heavy (non-hydrogen) atoms. The van der Waals surface area contributed by atoms with Crippen LogP contribution in [0, 0.1) is 0 Å². The van der Waals surface area contributed by atoms with Crippen molar-refractivity contribution in [3.05, 3.63) is 96.1 Å². The fourth-order valence-electron chi connectivity index (χ4n) is 2.85. The molecule has 1 aliphatic heterocycles. The SMILES string of the molecule is O=C1c2ccccc2N=S(=O)(c2ccccc2)N1Cc1ccccc1. The van der Waals surface area contributed by atoms with Gasteiger partial charge in [-0.15, -0.1) is 0 Å². The highest BCUT2D eigenvalue weighted by Gasteiger charge is 2.34. The molecule has 0 aliphatic carbocycles. The minimum Gasteiger partial charge on any atom is -0.268 e. The summed E-state index contributed by atoms with van der Waals surface area (Å²) in [4.78, 5) is 13.6. The van der Waals surface area contributed by atoms with Gasteiger partial charge in [-0.05, 0) is 29.8 Å². The molecule has 1 aliphatic rings. The molecular formula is C20H16N2O2S. The van der Waals surface area contributed by atoms with Crippen molar-refractivity contribution < 1.29 is 9.00 Å². The van der Waals surface area contributed by atoms with Crippen molar-refractivity contribution in [2.24, 2.45) is 4.36 Å². The summed E-state index contributed by atoms with van der Waals surface area (Å²) < 4.78 is 19.8. The molecule has 0 aromatic heterocycles. The van der Waals surface area contributed by atoms with E-state index in [0.29, 0.717) is 16.1 Å². The van der Waals surface area contributed by atoms with Gasteiger partial charge in [-0.2, -0.15) is 4.36 Å². The fraction of sp³-hybridized carbons (Fsp3) is 0.0500. The Morgan fingerprint density at radius 1 is 0.800 bits per heavy atom. The normalized spacial score (nSPS) is 19.2. The van der Waals surface area contributed by atoms with Gasteiger partial charge in [0, 0.05) is 0 Å². The predicted molar refractivity (Wildman–Crippen MR) is 97.7 cm³/mol. The van der Waals surface area contributed by atoms with E-state index in [1.54, 1.807) is 36.4 Å². The van der Waals surface area contributed by atoms with Gasteiger partial charge in [0.25, 0.3) is 5.91 Å². The van der Waals surface area contributed by atoms with E-state index in [0.717, 1.165) is 5.56 Å². The molecule has 4 rings (SSSR count). The third-order valence-corrected chi connectivity index (χ3v) is 6.32. The monoisotopic (exact) mass is 348 g/mol. The molecule has 1 heterocycles. The third kappa shape index (κ3) is 2.72. The maximum atomic E-state index is 13.9. The smallest absolute Gasteiger partial charge is 0.268 e. The molecule has 4 nitrogen and oxygen atoms in total. The van der Waals surface area contributed by atoms with Crippen molar-refractivity contribution in [1.29, 1.82) is 0 Å². The van der Waals surface area contributed by atoms with E-state index in [4.69, 9.17) is 0 Å². The summed E-state index contributed by atoms with van der Waals surface area (Å²) in [7, 11) is -3.06. The molecule has 3 aromatic rings. The third-order valence-electron chi connectivity index (χ3n) is 4.10. The van der Waals surface area contributed by atoms with Gasteiger partial charge in [0.1, 0.15) is 0 Å². The second kappa shape index (κ2) is 6.18. The van der Waals surface area contributed by atoms with Gasteiger partial charge in [0.2, 0.25) is 0 Å². The molecule has 124 valence electrons. The molecule has 0 bridgehead atoms. The molecule has 1 atom stereocenters. The lowest BCUT2D eigenvalue weighted by Gasteiger charge is -2.30. The van der Waals surface area contributed by atoms with Gasteiger partial charge in [0.15, 0.2) is 9.92 Å². The minimum atomic E-state index is -3.06. The van der Waals surface area contributed by atoms with E-state index < -0.39 is 9.92 Å². The van der Waals surface area contributed by atoms with Crippen LogP contribution in [0.1, 0.15) is 15.9 Å².